The zero-order valence-corrected chi connectivity index (χ0v) is 14.2. The molecule has 25 heavy (non-hydrogen) atoms. The number of fused-ring (bicyclic) bond motifs is 1. The van der Waals surface area contributed by atoms with Gasteiger partial charge in [-0.1, -0.05) is 41.1 Å². The van der Waals surface area contributed by atoms with Crippen LogP contribution in [0.4, 0.5) is 16.5 Å². The molecule has 0 amide bonds. The summed E-state index contributed by atoms with van der Waals surface area (Å²) in [7, 11) is 0. The van der Waals surface area contributed by atoms with Crippen molar-refractivity contribution in [2.75, 3.05) is 5.32 Å². The zero-order chi connectivity index (χ0) is 17.4. The minimum Gasteiger partial charge on any atom is -0.329 e. The number of nitro benzene ring substituents is 1. The molecule has 0 saturated heterocycles. The Bertz CT molecular complexity index is 1020. The molecule has 3 aromatic rings. The zero-order valence-electron chi connectivity index (χ0n) is 12.6. The molecule has 1 N–H and O–H groups in total. The summed E-state index contributed by atoms with van der Waals surface area (Å²) in [6.07, 6.45) is 1.76. The Hall–Kier alpha value is -2.84. The van der Waals surface area contributed by atoms with Gasteiger partial charge in [-0.15, -0.1) is 10.2 Å². The Morgan fingerprint density at radius 2 is 2.12 bits per heavy atom. The van der Waals surface area contributed by atoms with Crippen LogP contribution in [0.1, 0.15) is 11.1 Å². The maximum absolute atomic E-state index is 10.9. The third-order valence-electron chi connectivity index (χ3n) is 3.72. The molecule has 7 nitrogen and oxygen atoms in total. The van der Waals surface area contributed by atoms with Gasteiger partial charge in [0.15, 0.2) is 0 Å². The number of rotatable bonds is 4. The quantitative estimate of drug-likeness (QED) is 0.540. The van der Waals surface area contributed by atoms with Crippen LogP contribution in [0.3, 0.4) is 0 Å². The van der Waals surface area contributed by atoms with Gasteiger partial charge in [0.1, 0.15) is 5.01 Å². The Morgan fingerprint density at radius 1 is 1.24 bits per heavy atom. The molecule has 9 heteroatoms. The normalized spacial score (nSPS) is 12.2. The topological polar surface area (TPSA) is 93.3 Å². The first-order valence-electron chi connectivity index (χ1n) is 7.28. The Morgan fingerprint density at radius 3 is 2.96 bits per heavy atom. The van der Waals surface area contributed by atoms with Crippen molar-refractivity contribution in [1.82, 2.24) is 10.2 Å². The van der Waals surface area contributed by atoms with E-state index in [1.165, 1.54) is 23.5 Å². The molecule has 0 aliphatic carbocycles. The molecule has 4 rings (SSSR count). The number of halogens is 1. The smallest absolute Gasteiger partial charge is 0.270 e. The molecular formula is C16H10ClN5O2S. The fraction of sp³-hybridized carbons (Fsp3) is 0.0625. The highest BCUT2D eigenvalue weighted by atomic mass is 35.5. The van der Waals surface area contributed by atoms with Gasteiger partial charge in [0.2, 0.25) is 5.13 Å². The van der Waals surface area contributed by atoms with E-state index in [9.17, 15) is 10.1 Å². The van der Waals surface area contributed by atoms with Crippen LogP contribution in [0.25, 0.3) is 10.6 Å². The second kappa shape index (κ2) is 6.23. The average Bonchev–Trinajstić information content (AvgIpc) is 3.27. The Labute approximate surface area is 151 Å². The number of anilines is 2. The average molecular weight is 372 g/mol. The second-order valence-electron chi connectivity index (χ2n) is 5.31. The van der Waals surface area contributed by atoms with Crippen molar-refractivity contribution in [3.8, 4) is 10.6 Å². The monoisotopic (exact) mass is 371 g/mol. The van der Waals surface area contributed by atoms with E-state index in [4.69, 9.17) is 11.6 Å². The molecule has 1 aliphatic heterocycles. The van der Waals surface area contributed by atoms with Crippen LogP contribution in [-0.4, -0.2) is 21.3 Å². The molecular weight excluding hydrogens is 362 g/mol. The molecule has 0 radical (unpaired) electrons. The standard InChI is InChI=1S/C16H10ClN5O2S/c17-14-12-8-18-7-10(12)4-5-13(14)19-16-21-20-15(25-16)9-2-1-3-11(6-9)22(23)24/h1-6,8H,7H2,(H,19,21). The third-order valence-corrected chi connectivity index (χ3v) is 5.02. The maximum Gasteiger partial charge on any atom is 0.270 e. The molecule has 2 heterocycles. The predicted molar refractivity (Wildman–Crippen MR) is 98.0 cm³/mol. The summed E-state index contributed by atoms with van der Waals surface area (Å²) < 4.78 is 0. The van der Waals surface area contributed by atoms with Gasteiger partial charge in [0.25, 0.3) is 5.69 Å². The van der Waals surface area contributed by atoms with Gasteiger partial charge in [-0.2, -0.15) is 0 Å². The van der Waals surface area contributed by atoms with E-state index in [0.717, 1.165) is 16.8 Å². The Balaban J connectivity index is 1.61. The molecule has 1 aliphatic rings. The number of nitrogens with zero attached hydrogens (tertiary/aromatic N) is 4. The minimum absolute atomic E-state index is 0.0168. The van der Waals surface area contributed by atoms with E-state index in [0.29, 0.717) is 27.3 Å². The molecule has 124 valence electrons. The molecule has 0 bridgehead atoms. The van der Waals surface area contributed by atoms with Crippen molar-refractivity contribution in [3.05, 3.63) is 62.7 Å². The summed E-state index contributed by atoms with van der Waals surface area (Å²) >= 11 is 7.71. The lowest BCUT2D eigenvalue weighted by atomic mass is 10.1. The van der Waals surface area contributed by atoms with Gasteiger partial charge < -0.3 is 5.32 Å². The maximum atomic E-state index is 10.9. The number of nitro groups is 1. The summed E-state index contributed by atoms with van der Waals surface area (Å²) in [6, 6.07) is 10.1. The van der Waals surface area contributed by atoms with Gasteiger partial charge in [0.05, 0.1) is 22.2 Å². The second-order valence-corrected chi connectivity index (χ2v) is 6.67. The molecule has 2 aromatic carbocycles. The van der Waals surface area contributed by atoms with Crippen LogP contribution < -0.4 is 5.32 Å². The summed E-state index contributed by atoms with van der Waals surface area (Å²) in [4.78, 5) is 14.7. The van der Waals surface area contributed by atoms with Crippen LogP contribution in [0, 0.1) is 10.1 Å². The van der Waals surface area contributed by atoms with Crippen molar-refractivity contribution in [1.29, 1.82) is 0 Å². The van der Waals surface area contributed by atoms with Crippen LogP contribution in [0.2, 0.25) is 5.02 Å². The van der Waals surface area contributed by atoms with Crippen molar-refractivity contribution in [2.24, 2.45) is 4.99 Å². The van der Waals surface area contributed by atoms with Crippen LogP contribution in [0.15, 0.2) is 41.4 Å². The summed E-state index contributed by atoms with van der Waals surface area (Å²) in [5.74, 6) is 0. The van der Waals surface area contributed by atoms with Gasteiger partial charge in [-0.25, -0.2) is 0 Å². The summed E-state index contributed by atoms with van der Waals surface area (Å²) in [5.41, 5.74) is 3.38. The van der Waals surface area contributed by atoms with Crippen LogP contribution in [-0.2, 0) is 6.54 Å². The van der Waals surface area contributed by atoms with Crippen molar-refractivity contribution in [2.45, 2.75) is 6.54 Å². The highest BCUT2D eigenvalue weighted by Crippen LogP contribution is 2.35. The van der Waals surface area contributed by atoms with Gasteiger partial charge in [0, 0.05) is 29.5 Å². The first kappa shape index (κ1) is 15.7. The molecule has 1 aromatic heterocycles. The lowest BCUT2D eigenvalue weighted by molar-refractivity contribution is -0.384. The lowest BCUT2D eigenvalue weighted by Crippen LogP contribution is -1.94. The minimum atomic E-state index is -0.435. The summed E-state index contributed by atoms with van der Waals surface area (Å²) in [6.45, 7) is 0.644. The van der Waals surface area contributed by atoms with Crippen molar-refractivity contribution >= 4 is 45.7 Å². The van der Waals surface area contributed by atoms with Crippen LogP contribution in [0.5, 0.6) is 0 Å². The van der Waals surface area contributed by atoms with E-state index in [-0.39, 0.29) is 5.69 Å². The number of aromatic nitrogens is 2. The van der Waals surface area contributed by atoms with Crippen molar-refractivity contribution < 1.29 is 4.92 Å². The molecule has 0 spiro atoms. The molecule has 0 saturated carbocycles. The number of non-ortho nitro benzene ring substituents is 1. The number of hydrogen-bond acceptors (Lipinski definition) is 7. The largest absolute Gasteiger partial charge is 0.329 e. The molecule has 0 fully saturated rings. The van der Waals surface area contributed by atoms with Gasteiger partial charge >= 0.3 is 0 Å². The summed E-state index contributed by atoms with van der Waals surface area (Å²) in [5, 5.41) is 24.0. The first-order chi connectivity index (χ1) is 12.1. The predicted octanol–water partition coefficient (Wildman–Crippen LogP) is 4.44. The van der Waals surface area contributed by atoms with E-state index in [1.807, 2.05) is 12.1 Å². The Kier molecular flexibility index (Phi) is 3.90. The lowest BCUT2D eigenvalue weighted by Gasteiger charge is -2.08. The van der Waals surface area contributed by atoms with E-state index in [2.05, 4.69) is 20.5 Å². The third kappa shape index (κ3) is 2.97. The van der Waals surface area contributed by atoms with E-state index in [1.54, 1.807) is 18.3 Å². The number of hydrogen-bond donors (Lipinski definition) is 1. The fourth-order valence-electron chi connectivity index (χ4n) is 2.50. The number of benzene rings is 2. The fourth-order valence-corrected chi connectivity index (χ4v) is 3.53. The highest BCUT2D eigenvalue weighted by molar-refractivity contribution is 7.18. The van der Waals surface area contributed by atoms with E-state index >= 15 is 0 Å². The van der Waals surface area contributed by atoms with Crippen molar-refractivity contribution in [3.63, 3.8) is 0 Å². The molecule has 0 atom stereocenters. The number of nitrogens with one attached hydrogen (secondary N) is 1. The SMILES string of the molecule is O=[N+]([O-])c1cccc(-c2nnc(Nc3ccc4c(c3Cl)C=NC4)s2)c1. The highest BCUT2D eigenvalue weighted by Gasteiger charge is 2.16. The first-order valence-corrected chi connectivity index (χ1v) is 8.48. The number of aliphatic imine (C=N–C) groups is 1. The van der Waals surface area contributed by atoms with E-state index < -0.39 is 4.92 Å². The van der Waals surface area contributed by atoms with Crippen LogP contribution >= 0.6 is 22.9 Å². The van der Waals surface area contributed by atoms with Gasteiger partial charge in [-0.05, 0) is 11.6 Å². The molecule has 0 unspecified atom stereocenters. The van der Waals surface area contributed by atoms with Gasteiger partial charge in [-0.3, -0.25) is 15.1 Å².